The Morgan fingerprint density at radius 2 is 2.03 bits per heavy atom. The Bertz CT molecular complexity index is 861. The quantitative estimate of drug-likeness (QED) is 0.713. The molecule has 1 spiro atoms. The second kappa shape index (κ2) is 10.4. The van der Waals surface area contributed by atoms with Crippen LogP contribution in [0.15, 0.2) is 29.7 Å². The van der Waals surface area contributed by atoms with Crippen LogP contribution >= 0.6 is 0 Å². The second-order valence-electron chi connectivity index (χ2n) is 7.85. The van der Waals surface area contributed by atoms with E-state index in [0.717, 1.165) is 24.9 Å². The van der Waals surface area contributed by atoms with E-state index in [-0.39, 0.29) is 17.7 Å². The number of piperidine rings is 1. The first-order valence-electron chi connectivity index (χ1n) is 9.94. The van der Waals surface area contributed by atoms with Gasteiger partial charge in [0.25, 0.3) is 5.91 Å². The molecule has 0 bridgehead atoms. The average Bonchev–Trinajstić information content (AvgIpc) is 3.15. The molecule has 1 unspecified atom stereocenters. The van der Waals surface area contributed by atoms with Gasteiger partial charge in [-0.15, -0.1) is 0 Å². The van der Waals surface area contributed by atoms with E-state index in [0.29, 0.717) is 25.2 Å². The molecule has 9 nitrogen and oxygen atoms in total. The molecule has 2 aliphatic heterocycles. The monoisotopic (exact) mass is 458 g/mol. The molecule has 1 atom stereocenters. The van der Waals surface area contributed by atoms with Crippen molar-refractivity contribution in [2.24, 2.45) is 11.1 Å². The molecule has 1 saturated heterocycles. The first-order chi connectivity index (χ1) is 14.9. The summed E-state index contributed by atoms with van der Waals surface area (Å²) in [5.74, 6) is -2.91. The molecule has 0 aromatic carbocycles. The molecule has 32 heavy (non-hydrogen) atoms. The summed E-state index contributed by atoms with van der Waals surface area (Å²) >= 11 is 0. The van der Waals surface area contributed by atoms with Gasteiger partial charge in [0.05, 0.1) is 6.54 Å². The van der Waals surface area contributed by atoms with Crippen molar-refractivity contribution >= 4 is 23.5 Å². The van der Waals surface area contributed by atoms with Gasteiger partial charge in [-0.1, -0.05) is 25.1 Å². The molecule has 3 rings (SSSR count). The number of carboxylic acid groups (broad SMARTS) is 1. The summed E-state index contributed by atoms with van der Waals surface area (Å²) in [6, 6.07) is 3.73. The third-order valence-corrected chi connectivity index (χ3v) is 4.86. The van der Waals surface area contributed by atoms with Crippen LogP contribution in [-0.2, 0) is 25.8 Å². The summed E-state index contributed by atoms with van der Waals surface area (Å²) in [7, 11) is 0. The predicted molar refractivity (Wildman–Crippen MR) is 106 cm³/mol. The van der Waals surface area contributed by atoms with Crippen molar-refractivity contribution in [3.8, 4) is 0 Å². The number of hydrogen-bond donors (Lipinski definition) is 2. The van der Waals surface area contributed by atoms with Crippen LogP contribution in [0.2, 0.25) is 0 Å². The fraction of sp³-hybridized carbons (Fsp3) is 0.550. The van der Waals surface area contributed by atoms with Gasteiger partial charge in [0, 0.05) is 37.8 Å². The Morgan fingerprint density at radius 3 is 2.59 bits per heavy atom. The SMILES string of the molecule is CC(C)C(=O)N1CCCC2(CC(C(=O)NCc3cccnc3)=NO2)C1.O=C(O)C(F)(F)F. The number of aromatic nitrogens is 1. The minimum atomic E-state index is -5.08. The number of carboxylic acids is 1. The van der Waals surface area contributed by atoms with E-state index < -0.39 is 17.7 Å². The lowest BCUT2D eigenvalue weighted by Crippen LogP contribution is -2.51. The van der Waals surface area contributed by atoms with Crippen molar-refractivity contribution in [3.63, 3.8) is 0 Å². The molecule has 2 amide bonds. The van der Waals surface area contributed by atoms with Crippen molar-refractivity contribution in [1.82, 2.24) is 15.2 Å². The third kappa shape index (κ3) is 6.92. The fourth-order valence-electron chi connectivity index (χ4n) is 3.30. The highest BCUT2D eigenvalue weighted by atomic mass is 19.4. The first-order valence-corrected chi connectivity index (χ1v) is 9.94. The lowest BCUT2D eigenvalue weighted by Gasteiger charge is -2.38. The van der Waals surface area contributed by atoms with Gasteiger partial charge in [-0.3, -0.25) is 14.6 Å². The number of carbonyl (C=O) groups excluding carboxylic acids is 2. The van der Waals surface area contributed by atoms with Crippen LogP contribution in [0, 0.1) is 5.92 Å². The number of aliphatic carboxylic acids is 1. The standard InChI is InChI=1S/C18H24N4O3.C2HF3O2/c1-13(2)17(24)22-8-4-6-18(12-22)9-15(21-25-18)16(23)20-11-14-5-3-7-19-10-14;3-2(4,5)1(6)7/h3,5,7,10,13H,4,6,8-9,11-12H2,1-2H3,(H,20,23);(H,6,7). The Morgan fingerprint density at radius 1 is 1.34 bits per heavy atom. The summed E-state index contributed by atoms with van der Waals surface area (Å²) in [4.78, 5) is 45.0. The number of carbonyl (C=O) groups is 3. The largest absolute Gasteiger partial charge is 0.490 e. The van der Waals surface area contributed by atoms with Gasteiger partial charge in [-0.2, -0.15) is 13.2 Å². The van der Waals surface area contributed by atoms with E-state index in [1.54, 1.807) is 12.4 Å². The number of halogens is 3. The molecule has 0 saturated carbocycles. The Labute approximate surface area is 182 Å². The highest BCUT2D eigenvalue weighted by Crippen LogP contribution is 2.34. The molecule has 0 radical (unpaired) electrons. The summed E-state index contributed by atoms with van der Waals surface area (Å²) < 4.78 is 31.7. The van der Waals surface area contributed by atoms with Crippen molar-refractivity contribution in [2.45, 2.75) is 51.4 Å². The Kier molecular flexibility index (Phi) is 8.17. The zero-order valence-corrected chi connectivity index (χ0v) is 17.7. The van der Waals surface area contributed by atoms with E-state index in [9.17, 15) is 22.8 Å². The third-order valence-electron chi connectivity index (χ3n) is 4.86. The maximum absolute atomic E-state index is 12.3. The minimum Gasteiger partial charge on any atom is -0.475 e. The molecule has 0 aliphatic carbocycles. The van der Waals surface area contributed by atoms with Gasteiger partial charge in [0.15, 0.2) is 5.60 Å². The number of nitrogens with one attached hydrogen (secondary N) is 1. The Balaban J connectivity index is 0.000000451. The van der Waals surface area contributed by atoms with Crippen LogP contribution in [-0.4, -0.2) is 63.4 Å². The maximum Gasteiger partial charge on any atom is 0.490 e. The van der Waals surface area contributed by atoms with Crippen molar-refractivity contribution in [1.29, 1.82) is 0 Å². The smallest absolute Gasteiger partial charge is 0.475 e. The molecule has 1 fully saturated rings. The number of nitrogens with zero attached hydrogens (tertiary/aromatic N) is 3. The second-order valence-corrected chi connectivity index (χ2v) is 7.85. The number of amides is 2. The fourth-order valence-corrected chi connectivity index (χ4v) is 3.30. The molecule has 2 N–H and O–H groups in total. The van der Waals surface area contributed by atoms with Crippen LogP contribution in [0.25, 0.3) is 0 Å². The molecule has 3 heterocycles. The summed E-state index contributed by atoms with van der Waals surface area (Å²) in [6.07, 6.45) is 0.423. The summed E-state index contributed by atoms with van der Waals surface area (Å²) in [6.45, 7) is 5.42. The molecule has 2 aliphatic rings. The number of oxime groups is 1. The van der Waals surface area contributed by atoms with Crippen molar-refractivity contribution in [3.05, 3.63) is 30.1 Å². The molecule has 12 heteroatoms. The van der Waals surface area contributed by atoms with Crippen LogP contribution in [0.1, 0.15) is 38.7 Å². The lowest BCUT2D eigenvalue weighted by molar-refractivity contribution is -0.192. The predicted octanol–water partition coefficient (Wildman–Crippen LogP) is 2.12. The van der Waals surface area contributed by atoms with E-state index in [2.05, 4.69) is 15.5 Å². The van der Waals surface area contributed by atoms with E-state index in [1.807, 2.05) is 30.9 Å². The Hall–Kier alpha value is -3.18. The van der Waals surface area contributed by atoms with Gasteiger partial charge >= 0.3 is 12.1 Å². The highest BCUT2D eigenvalue weighted by molar-refractivity contribution is 6.39. The molecule has 1 aromatic heterocycles. The number of alkyl halides is 3. The number of likely N-dealkylation sites (tertiary alicyclic amines) is 1. The summed E-state index contributed by atoms with van der Waals surface area (Å²) in [5, 5.41) is 14.0. The van der Waals surface area contributed by atoms with Gasteiger partial charge in [0.2, 0.25) is 5.91 Å². The lowest BCUT2D eigenvalue weighted by atomic mass is 9.87. The van der Waals surface area contributed by atoms with Gasteiger partial charge in [-0.25, -0.2) is 4.79 Å². The van der Waals surface area contributed by atoms with Crippen LogP contribution in [0.3, 0.4) is 0 Å². The van der Waals surface area contributed by atoms with E-state index in [4.69, 9.17) is 14.7 Å². The van der Waals surface area contributed by atoms with Crippen LogP contribution < -0.4 is 5.32 Å². The normalized spacial score (nSPS) is 20.2. The van der Waals surface area contributed by atoms with Gasteiger partial charge < -0.3 is 20.2 Å². The number of pyridine rings is 1. The molecular weight excluding hydrogens is 433 g/mol. The number of hydrogen-bond acceptors (Lipinski definition) is 6. The zero-order chi connectivity index (χ0) is 23.9. The molecular formula is C20H25F3N4O5. The van der Waals surface area contributed by atoms with Crippen molar-refractivity contribution in [2.75, 3.05) is 13.1 Å². The van der Waals surface area contributed by atoms with Crippen molar-refractivity contribution < 1.29 is 37.5 Å². The average molecular weight is 458 g/mol. The van der Waals surface area contributed by atoms with E-state index in [1.165, 1.54) is 0 Å². The van der Waals surface area contributed by atoms with Gasteiger partial charge in [0.1, 0.15) is 5.71 Å². The maximum atomic E-state index is 12.3. The van der Waals surface area contributed by atoms with Crippen LogP contribution in [0.5, 0.6) is 0 Å². The first kappa shape index (κ1) is 25.1. The summed E-state index contributed by atoms with van der Waals surface area (Å²) in [5.41, 5.74) is 0.767. The van der Waals surface area contributed by atoms with E-state index >= 15 is 0 Å². The topological polar surface area (TPSA) is 121 Å². The minimum absolute atomic E-state index is 0.0419. The van der Waals surface area contributed by atoms with Gasteiger partial charge in [-0.05, 0) is 24.5 Å². The highest BCUT2D eigenvalue weighted by Gasteiger charge is 2.45. The zero-order valence-electron chi connectivity index (χ0n) is 17.7. The molecule has 1 aromatic rings. The van der Waals surface area contributed by atoms with Crippen LogP contribution in [0.4, 0.5) is 13.2 Å². The number of rotatable bonds is 4. The molecule has 176 valence electrons.